The highest BCUT2D eigenvalue weighted by atomic mass is 19.2. The lowest BCUT2D eigenvalue weighted by Crippen LogP contribution is -2.35. The van der Waals surface area contributed by atoms with Crippen molar-refractivity contribution in [3.05, 3.63) is 29.8 Å². The second-order valence-corrected chi connectivity index (χ2v) is 5.96. The lowest BCUT2D eigenvalue weighted by molar-refractivity contribution is -0.131. The van der Waals surface area contributed by atoms with Gasteiger partial charge in [0.25, 0.3) is 0 Å². The third-order valence-corrected chi connectivity index (χ3v) is 3.92. The fourth-order valence-corrected chi connectivity index (χ4v) is 2.32. The lowest BCUT2D eigenvalue weighted by atomic mass is 10.2. The van der Waals surface area contributed by atoms with E-state index in [1.165, 1.54) is 32.1 Å². The van der Waals surface area contributed by atoms with E-state index in [4.69, 9.17) is 4.74 Å². The zero-order valence-electron chi connectivity index (χ0n) is 13.5. The van der Waals surface area contributed by atoms with Gasteiger partial charge in [-0.05, 0) is 50.7 Å². The van der Waals surface area contributed by atoms with Crippen LogP contribution in [-0.4, -0.2) is 31.8 Å². The SMILES string of the molecule is CC1CCC(C(=O)NCC2CC2)O1.COc1cccc(F)c1F. The number of carbonyl (C=O) groups is 1. The number of methoxy groups -OCH3 is 1. The number of rotatable bonds is 4. The van der Waals surface area contributed by atoms with Crippen molar-refractivity contribution in [2.45, 2.75) is 44.8 Å². The molecule has 3 rings (SSSR count). The molecule has 0 radical (unpaired) electrons. The van der Waals surface area contributed by atoms with Gasteiger partial charge in [-0.15, -0.1) is 0 Å². The molecule has 1 heterocycles. The second kappa shape index (κ2) is 8.24. The van der Waals surface area contributed by atoms with Gasteiger partial charge in [0.1, 0.15) is 6.10 Å². The lowest BCUT2D eigenvalue weighted by Gasteiger charge is -2.10. The molecule has 1 aromatic rings. The highest BCUT2D eigenvalue weighted by Gasteiger charge is 2.29. The first-order valence-electron chi connectivity index (χ1n) is 7.92. The van der Waals surface area contributed by atoms with Crippen molar-refractivity contribution in [3.8, 4) is 5.75 Å². The maximum Gasteiger partial charge on any atom is 0.249 e. The molecule has 1 aromatic carbocycles. The van der Waals surface area contributed by atoms with E-state index in [0.717, 1.165) is 31.4 Å². The summed E-state index contributed by atoms with van der Waals surface area (Å²) in [5.74, 6) is -1.05. The van der Waals surface area contributed by atoms with Gasteiger partial charge in [0, 0.05) is 6.54 Å². The number of ether oxygens (including phenoxy) is 2. The molecule has 1 aliphatic heterocycles. The van der Waals surface area contributed by atoms with Crippen LogP contribution in [0.2, 0.25) is 0 Å². The van der Waals surface area contributed by atoms with E-state index in [1.54, 1.807) is 0 Å². The monoisotopic (exact) mass is 327 g/mol. The number of carbonyl (C=O) groups excluding carboxylic acids is 1. The highest BCUT2D eigenvalue weighted by molar-refractivity contribution is 5.81. The number of benzene rings is 1. The van der Waals surface area contributed by atoms with Crippen LogP contribution in [0.3, 0.4) is 0 Å². The summed E-state index contributed by atoms with van der Waals surface area (Å²) in [4.78, 5) is 11.5. The topological polar surface area (TPSA) is 47.6 Å². The van der Waals surface area contributed by atoms with Gasteiger partial charge in [0.2, 0.25) is 11.7 Å². The largest absolute Gasteiger partial charge is 0.494 e. The average Bonchev–Trinajstić information content (AvgIpc) is 3.28. The Hall–Kier alpha value is -1.69. The molecule has 1 saturated carbocycles. The van der Waals surface area contributed by atoms with Gasteiger partial charge in [-0.25, -0.2) is 4.39 Å². The van der Waals surface area contributed by atoms with Crippen molar-refractivity contribution in [1.29, 1.82) is 0 Å². The number of hydrogen-bond donors (Lipinski definition) is 1. The van der Waals surface area contributed by atoms with Gasteiger partial charge >= 0.3 is 0 Å². The van der Waals surface area contributed by atoms with Gasteiger partial charge in [-0.1, -0.05) is 6.07 Å². The van der Waals surface area contributed by atoms with Crippen molar-refractivity contribution < 1.29 is 23.0 Å². The van der Waals surface area contributed by atoms with Crippen LogP contribution in [-0.2, 0) is 9.53 Å². The molecule has 0 spiro atoms. The predicted molar refractivity (Wildman–Crippen MR) is 82.2 cm³/mol. The van der Waals surface area contributed by atoms with Gasteiger partial charge in [0.05, 0.1) is 13.2 Å². The number of halogens is 2. The van der Waals surface area contributed by atoms with Crippen LogP contribution < -0.4 is 10.1 Å². The molecule has 6 heteroatoms. The Balaban J connectivity index is 0.000000174. The van der Waals surface area contributed by atoms with Crippen LogP contribution in [0.1, 0.15) is 32.6 Å². The first-order valence-corrected chi connectivity index (χ1v) is 7.92. The first kappa shape index (κ1) is 17.7. The smallest absolute Gasteiger partial charge is 0.249 e. The summed E-state index contributed by atoms with van der Waals surface area (Å²) in [6.07, 6.45) is 4.55. The Kier molecular flexibility index (Phi) is 6.33. The molecule has 0 bridgehead atoms. The summed E-state index contributed by atoms with van der Waals surface area (Å²) < 4.78 is 34.8. The molecule has 2 atom stereocenters. The molecule has 1 saturated heterocycles. The number of amides is 1. The van der Waals surface area contributed by atoms with Crippen LogP contribution in [0.15, 0.2) is 18.2 Å². The predicted octanol–water partition coefficient (Wildman–Crippen LogP) is 3.05. The molecule has 23 heavy (non-hydrogen) atoms. The molecule has 1 amide bonds. The molecule has 2 fully saturated rings. The molecule has 4 nitrogen and oxygen atoms in total. The molecule has 128 valence electrons. The minimum atomic E-state index is -0.940. The molecule has 2 aliphatic rings. The zero-order chi connectivity index (χ0) is 16.8. The Morgan fingerprint density at radius 1 is 1.30 bits per heavy atom. The van der Waals surface area contributed by atoms with Gasteiger partial charge < -0.3 is 14.8 Å². The summed E-state index contributed by atoms with van der Waals surface area (Å²) in [5, 5.41) is 2.94. The van der Waals surface area contributed by atoms with Crippen molar-refractivity contribution in [3.63, 3.8) is 0 Å². The van der Waals surface area contributed by atoms with Crippen LogP contribution in [0.4, 0.5) is 8.78 Å². The first-order chi connectivity index (χ1) is 11.0. The molecule has 1 N–H and O–H groups in total. The quantitative estimate of drug-likeness (QED) is 0.924. The van der Waals surface area contributed by atoms with E-state index in [-0.39, 0.29) is 23.9 Å². The van der Waals surface area contributed by atoms with E-state index in [2.05, 4.69) is 10.1 Å². The molecule has 2 unspecified atom stereocenters. The van der Waals surface area contributed by atoms with Crippen LogP contribution in [0.5, 0.6) is 5.75 Å². The number of nitrogens with one attached hydrogen (secondary N) is 1. The van der Waals surface area contributed by atoms with E-state index >= 15 is 0 Å². The molecule has 0 aromatic heterocycles. The van der Waals surface area contributed by atoms with E-state index < -0.39 is 11.6 Å². The fraction of sp³-hybridized carbons (Fsp3) is 0.588. The third kappa shape index (κ3) is 5.46. The molecule has 1 aliphatic carbocycles. The minimum absolute atomic E-state index is 0.0694. The normalized spacial score (nSPS) is 23.0. The Labute approximate surface area is 135 Å². The van der Waals surface area contributed by atoms with Crippen molar-refractivity contribution in [1.82, 2.24) is 5.32 Å². The van der Waals surface area contributed by atoms with E-state index in [0.29, 0.717) is 0 Å². The maximum atomic E-state index is 12.5. The molecular formula is C17H23F2NO3. The Morgan fingerprint density at radius 2 is 2.04 bits per heavy atom. The number of hydrogen-bond acceptors (Lipinski definition) is 3. The van der Waals surface area contributed by atoms with E-state index in [9.17, 15) is 13.6 Å². The second-order valence-electron chi connectivity index (χ2n) is 5.96. The van der Waals surface area contributed by atoms with Gasteiger partial charge in [-0.2, -0.15) is 4.39 Å². The minimum Gasteiger partial charge on any atom is -0.494 e. The standard InChI is InChI=1S/C10H17NO2.C7H6F2O/c1-7-2-5-9(13-7)10(12)11-6-8-3-4-8;1-10-6-4-2-3-5(8)7(6)9/h7-9H,2-6H2,1H3,(H,11,12);2-4H,1H3. The average molecular weight is 327 g/mol. The summed E-state index contributed by atoms with van der Waals surface area (Å²) in [6, 6.07) is 3.79. The highest BCUT2D eigenvalue weighted by Crippen LogP contribution is 2.28. The fourth-order valence-electron chi connectivity index (χ4n) is 2.32. The van der Waals surface area contributed by atoms with Crippen molar-refractivity contribution >= 4 is 5.91 Å². The van der Waals surface area contributed by atoms with Gasteiger partial charge in [0.15, 0.2) is 11.6 Å². The van der Waals surface area contributed by atoms with Crippen LogP contribution in [0.25, 0.3) is 0 Å². The van der Waals surface area contributed by atoms with Gasteiger partial charge in [-0.3, -0.25) is 4.79 Å². The summed E-state index contributed by atoms with van der Waals surface area (Å²) in [7, 11) is 1.29. The summed E-state index contributed by atoms with van der Waals surface area (Å²) in [5.41, 5.74) is 0. The maximum absolute atomic E-state index is 12.5. The van der Waals surface area contributed by atoms with Crippen molar-refractivity contribution in [2.24, 2.45) is 5.92 Å². The van der Waals surface area contributed by atoms with Crippen LogP contribution in [0, 0.1) is 17.6 Å². The third-order valence-electron chi connectivity index (χ3n) is 3.92. The summed E-state index contributed by atoms with van der Waals surface area (Å²) >= 11 is 0. The summed E-state index contributed by atoms with van der Waals surface area (Å²) in [6.45, 7) is 2.88. The Bertz CT molecular complexity index is 535. The Morgan fingerprint density at radius 3 is 2.57 bits per heavy atom. The van der Waals surface area contributed by atoms with E-state index in [1.807, 2.05) is 6.92 Å². The zero-order valence-corrected chi connectivity index (χ0v) is 13.5. The molecular weight excluding hydrogens is 304 g/mol. The van der Waals surface area contributed by atoms with Crippen molar-refractivity contribution in [2.75, 3.05) is 13.7 Å². The van der Waals surface area contributed by atoms with Crippen LogP contribution >= 0.6 is 0 Å².